The van der Waals surface area contributed by atoms with Gasteiger partial charge in [0.2, 0.25) is 0 Å². The standard InChI is InChI=1S/C12H15N3O/c1-9-5-4-6-11(7-9)8-15-12(16)14(3)10(2)13-15/h4-7H,8H2,1-3H3. The van der Waals surface area contributed by atoms with Crippen LogP contribution in [0.2, 0.25) is 0 Å². The molecule has 84 valence electrons. The minimum Gasteiger partial charge on any atom is -0.282 e. The second-order valence-electron chi connectivity index (χ2n) is 4.04. The Bertz CT molecular complexity index is 566. The van der Waals surface area contributed by atoms with Crippen LogP contribution in [0.3, 0.4) is 0 Å². The summed E-state index contributed by atoms with van der Waals surface area (Å²) < 4.78 is 3.04. The summed E-state index contributed by atoms with van der Waals surface area (Å²) in [4.78, 5) is 11.7. The molecular weight excluding hydrogens is 202 g/mol. The summed E-state index contributed by atoms with van der Waals surface area (Å²) in [5.41, 5.74) is 2.22. The molecule has 4 heteroatoms. The summed E-state index contributed by atoms with van der Waals surface area (Å²) in [6, 6.07) is 8.10. The van der Waals surface area contributed by atoms with Gasteiger partial charge in [-0.2, -0.15) is 5.10 Å². The van der Waals surface area contributed by atoms with Crippen LogP contribution in [0.1, 0.15) is 17.0 Å². The SMILES string of the molecule is Cc1cccc(Cn2nc(C)n(C)c2=O)c1. The van der Waals surface area contributed by atoms with Gasteiger partial charge >= 0.3 is 5.69 Å². The largest absolute Gasteiger partial charge is 0.345 e. The predicted molar refractivity (Wildman–Crippen MR) is 62.5 cm³/mol. The van der Waals surface area contributed by atoms with Crippen molar-refractivity contribution in [2.75, 3.05) is 0 Å². The van der Waals surface area contributed by atoms with Gasteiger partial charge in [-0.05, 0) is 19.4 Å². The van der Waals surface area contributed by atoms with Crippen molar-refractivity contribution in [2.24, 2.45) is 7.05 Å². The third kappa shape index (κ3) is 1.91. The summed E-state index contributed by atoms with van der Waals surface area (Å²) >= 11 is 0. The summed E-state index contributed by atoms with van der Waals surface area (Å²) in [6.45, 7) is 4.40. The van der Waals surface area contributed by atoms with Gasteiger partial charge in [0.15, 0.2) is 0 Å². The van der Waals surface area contributed by atoms with Gasteiger partial charge < -0.3 is 0 Å². The van der Waals surface area contributed by atoms with Crippen LogP contribution in [0.15, 0.2) is 29.1 Å². The van der Waals surface area contributed by atoms with E-state index in [4.69, 9.17) is 0 Å². The molecule has 0 atom stereocenters. The maximum atomic E-state index is 11.7. The van der Waals surface area contributed by atoms with Gasteiger partial charge in [-0.1, -0.05) is 29.8 Å². The molecule has 0 saturated heterocycles. The summed E-state index contributed by atoms with van der Waals surface area (Å²) in [6.07, 6.45) is 0. The summed E-state index contributed by atoms with van der Waals surface area (Å²) in [5, 5.41) is 4.20. The number of aryl methyl sites for hydroxylation is 2. The van der Waals surface area contributed by atoms with E-state index >= 15 is 0 Å². The molecule has 0 saturated carbocycles. The molecule has 0 spiro atoms. The molecule has 1 aromatic carbocycles. The van der Waals surface area contributed by atoms with Crippen molar-refractivity contribution in [3.8, 4) is 0 Å². The molecule has 1 aromatic heterocycles. The average Bonchev–Trinajstić information content (AvgIpc) is 2.47. The number of benzene rings is 1. The number of hydrogen-bond acceptors (Lipinski definition) is 2. The van der Waals surface area contributed by atoms with Crippen LogP contribution in [-0.4, -0.2) is 14.3 Å². The fourth-order valence-corrected chi connectivity index (χ4v) is 1.68. The van der Waals surface area contributed by atoms with E-state index in [-0.39, 0.29) is 5.69 Å². The predicted octanol–water partition coefficient (Wildman–Crippen LogP) is 1.25. The molecule has 0 amide bonds. The molecule has 4 nitrogen and oxygen atoms in total. The van der Waals surface area contributed by atoms with Crippen molar-refractivity contribution in [1.82, 2.24) is 14.3 Å². The number of rotatable bonds is 2. The van der Waals surface area contributed by atoms with Gasteiger partial charge in [-0.15, -0.1) is 0 Å². The molecule has 0 aliphatic rings. The molecule has 2 aromatic rings. The zero-order valence-corrected chi connectivity index (χ0v) is 9.77. The van der Waals surface area contributed by atoms with E-state index in [0.29, 0.717) is 6.54 Å². The first kappa shape index (κ1) is 10.7. The van der Waals surface area contributed by atoms with E-state index in [2.05, 4.69) is 11.2 Å². The van der Waals surface area contributed by atoms with E-state index in [1.54, 1.807) is 11.6 Å². The Balaban J connectivity index is 2.34. The lowest BCUT2D eigenvalue weighted by molar-refractivity contribution is 0.645. The second-order valence-corrected chi connectivity index (χ2v) is 4.04. The van der Waals surface area contributed by atoms with Gasteiger partial charge in [0.1, 0.15) is 5.82 Å². The van der Waals surface area contributed by atoms with Gasteiger partial charge in [0.25, 0.3) is 0 Å². The van der Waals surface area contributed by atoms with Crippen molar-refractivity contribution in [1.29, 1.82) is 0 Å². The van der Waals surface area contributed by atoms with Crippen molar-refractivity contribution < 1.29 is 0 Å². The van der Waals surface area contributed by atoms with Crippen molar-refractivity contribution in [3.05, 3.63) is 51.7 Å². The first-order valence-corrected chi connectivity index (χ1v) is 5.24. The number of hydrogen-bond donors (Lipinski definition) is 0. The Kier molecular flexibility index (Phi) is 2.64. The van der Waals surface area contributed by atoms with Crippen molar-refractivity contribution >= 4 is 0 Å². The van der Waals surface area contributed by atoms with Crippen molar-refractivity contribution in [2.45, 2.75) is 20.4 Å². The minimum absolute atomic E-state index is 0.0704. The quantitative estimate of drug-likeness (QED) is 0.759. The highest BCUT2D eigenvalue weighted by atomic mass is 16.2. The topological polar surface area (TPSA) is 39.8 Å². The Morgan fingerprint density at radius 3 is 2.62 bits per heavy atom. The van der Waals surface area contributed by atoms with Crippen LogP contribution >= 0.6 is 0 Å². The van der Waals surface area contributed by atoms with Gasteiger partial charge in [0, 0.05) is 7.05 Å². The highest BCUT2D eigenvalue weighted by molar-refractivity contribution is 5.22. The van der Waals surface area contributed by atoms with E-state index in [9.17, 15) is 4.79 Å². The molecule has 2 rings (SSSR count). The van der Waals surface area contributed by atoms with E-state index in [0.717, 1.165) is 11.4 Å². The molecule has 16 heavy (non-hydrogen) atoms. The van der Waals surface area contributed by atoms with E-state index in [1.165, 1.54) is 10.2 Å². The highest BCUT2D eigenvalue weighted by Crippen LogP contribution is 2.04. The molecule has 0 unspecified atom stereocenters. The van der Waals surface area contributed by atoms with Crippen LogP contribution in [0, 0.1) is 13.8 Å². The Morgan fingerprint density at radius 1 is 1.31 bits per heavy atom. The van der Waals surface area contributed by atoms with Gasteiger partial charge in [0.05, 0.1) is 6.54 Å². The van der Waals surface area contributed by atoms with Crippen LogP contribution in [0.25, 0.3) is 0 Å². The molecule has 0 bridgehead atoms. The monoisotopic (exact) mass is 217 g/mol. The normalized spacial score (nSPS) is 10.7. The van der Waals surface area contributed by atoms with E-state index < -0.39 is 0 Å². The lowest BCUT2D eigenvalue weighted by Crippen LogP contribution is -2.23. The number of aromatic nitrogens is 3. The molecule has 0 fully saturated rings. The van der Waals surface area contributed by atoms with Crippen LogP contribution < -0.4 is 5.69 Å². The fourth-order valence-electron chi connectivity index (χ4n) is 1.68. The van der Waals surface area contributed by atoms with Gasteiger partial charge in [-0.3, -0.25) is 4.57 Å². The molecule has 0 aliphatic heterocycles. The molecule has 0 aliphatic carbocycles. The highest BCUT2D eigenvalue weighted by Gasteiger charge is 2.06. The smallest absolute Gasteiger partial charge is 0.282 e. The fraction of sp³-hybridized carbons (Fsp3) is 0.333. The lowest BCUT2D eigenvalue weighted by atomic mass is 10.1. The second kappa shape index (κ2) is 3.96. The first-order chi connectivity index (χ1) is 7.58. The van der Waals surface area contributed by atoms with Crippen LogP contribution in [-0.2, 0) is 13.6 Å². The number of nitrogens with zero attached hydrogens (tertiary/aromatic N) is 3. The maximum absolute atomic E-state index is 11.7. The molecule has 0 radical (unpaired) electrons. The zero-order chi connectivity index (χ0) is 11.7. The average molecular weight is 217 g/mol. The Hall–Kier alpha value is -1.84. The van der Waals surface area contributed by atoms with Gasteiger partial charge in [-0.25, -0.2) is 9.48 Å². The zero-order valence-electron chi connectivity index (χ0n) is 9.77. The maximum Gasteiger partial charge on any atom is 0.345 e. The van der Waals surface area contributed by atoms with E-state index in [1.807, 2.05) is 32.0 Å². The third-order valence-electron chi connectivity index (χ3n) is 2.67. The minimum atomic E-state index is -0.0704. The van der Waals surface area contributed by atoms with Crippen LogP contribution in [0.5, 0.6) is 0 Å². The summed E-state index contributed by atoms with van der Waals surface area (Å²) in [7, 11) is 1.73. The Morgan fingerprint density at radius 2 is 2.06 bits per heavy atom. The lowest BCUT2D eigenvalue weighted by Gasteiger charge is -2.01. The first-order valence-electron chi connectivity index (χ1n) is 5.24. The molecule has 1 heterocycles. The molecular formula is C12H15N3O. The van der Waals surface area contributed by atoms with Crippen molar-refractivity contribution in [3.63, 3.8) is 0 Å². The van der Waals surface area contributed by atoms with Crippen LogP contribution in [0.4, 0.5) is 0 Å². The summed E-state index contributed by atoms with van der Waals surface area (Å²) in [5.74, 6) is 0.734. The molecule has 0 N–H and O–H groups in total. The third-order valence-corrected chi connectivity index (χ3v) is 2.67. The Labute approximate surface area is 94.1 Å².